The predicted octanol–water partition coefficient (Wildman–Crippen LogP) is -0.0349. The minimum absolute atomic E-state index is 0.0513. The van der Waals surface area contributed by atoms with Crippen molar-refractivity contribution in [3.8, 4) is 0 Å². The SMILES string of the molecule is CC(C)Cn1c(N)c(C(=O)COC(=O)[C@@H]2CS[C@@]3(C)CCC(=O)N23)c(=O)n(C)c1=O. The van der Waals surface area contributed by atoms with Crippen LogP contribution in [0.2, 0.25) is 0 Å². The fourth-order valence-corrected chi connectivity index (χ4v) is 5.30. The average molecular weight is 439 g/mol. The molecule has 2 fully saturated rings. The van der Waals surface area contributed by atoms with E-state index < -0.39 is 40.5 Å². The van der Waals surface area contributed by atoms with E-state index >= 15 is 0 Å². The van der Waals surface area contributed by atoms with Gasteiger partial charge in [0.1, 0.15) is 17.4 Å². The lowest BCUT2D eigenvalue weighted by Crippen LogP contribution is -2.47. The van der Waals surface area contributed by atoms with E-state index in [1.165, 1.54) is 28.3 Å². The lowest BCUT2D eigenvalue weighted by atomic mass is 10.1. The van der Waals surface area contributed by atoms with Gasteiger partial charge in [0.15, 0.2) is 6.61 Å². The van der Waals surface area contributed by atoms with Gasteiger partial charge in [0.05, 0.1) is 4.87 Å². The smallest absolute Gasteiger partial charge is 0.332 e. The molecule has 1 aromatic rings. The summed E-state index contributed by atoms with van der Waals surface area (Å²) in [5, 5.41) is 0. The molecule has 10 nitrogen and oxygen atoms in total. The summed E-state index contributed by atoms with van der Waals surface area (Å²) in [6.07, 6.45) is 1.03. The van der Waals surface area contributed by atoms with Gasteiger partial charge >= 0.3 is 11.7 Å². The molecule has 1 amide bonds. The molecular weight excluding hydrogens is 412 g/mol. The molecule has 2 saturated heterocycles. The zero-order valence-electron chi connectivity index (χ0n) is 17.5. The third kappa shape index (κ3) is 3.66. The van der Waals surface area contributed by atoms with Crippen molar-refractivity contribution in [2.75, 3.05) is 18.1 Å². The number of Topliss-reactive ketones (excluding diaryl/α,β-unsaturated/α-hetero) is 1. The Balaban J connectivity index is 1.79. The molecule has 164 valence electrons. The van der Waals surface area contributed by atoms with Gasteiger partial charge in [-0.1, -0.05) is 13.8 Å². The Hall–Kier alpha value is -2.56. The van der Waals surface area contributed by atoms with E-state index in [1.54, 1.807) is 0 Å². The van der Waals surface area contributed by atoms with E-state index in [4.69, 9.17) is 10.5 Å². The highest BCUT2D eigenvalue weighted by molar-refractivity contribution is 8.01. The lowest BCUT2D eigenvalue weighted by Gasteiger charge is -2.29. The number of hydrogen-bond donors (Lipinski definition) is 1. The quantitative estimate of drug-likeness (QED) is 0.483. The predicted molar refractivity (Wildman–Crippen MR) is 111 cm³/mol. The van der Waals surface area contributed by atoms with Gasteiger partial charge in [-0.2, -0.15) is 0 Å². The molecule has 2 atom stereocenters. The second-order valence-corrected chi connectivity index (χ2v) is 9.71. The van der Waals surface area contributed by atoms with Crippen LogP contribution in [0.4, 0.5) is 5.82 Å². The number of fused-ring (bicyclic) bond motifs is 1. The molecule has 2 aliphatic heterocycles. The zero-order valence-corrected chi connectivity index (χ0v) is 18.3. The van der Waals surface area contributed by atoms with E-state index in [-0.39, 0.29) is 29.8 Å². The van der Waals surface area contributed by atoms with Crippen molar-refractivity contribution in [3.05, 3.63) is 26.4 Å². The summed E-state index contributed by atoms with van der Waals surface area (Å²) in [6.45, 7) is 5.18. The third-order valence-corrected chi connectivity index (χ3v) is 6.98. The van der Waals surface area contributed by atoms with Gasteiger partial charge in [0.2, 0.25) is 11.7 Å². The number of thioether (sulfide) groups is 1. The van der Waals surface area contributed by atoms with Crippen LogP contribution in [0.25, 0.3) is 0 Å². The van der Waals surface area contributed by atoms with Gasteiger partial charge < -0.3 is 15.4 Å². The fraction of sp³-hybridized carbons (Fsp3) is 0.632. The Morgan fingerprint density at radius 1 is 1.30 bits per heavy atom. The molecule has 0 bridgehead atoms. The minimum Gasteiger partial charge on any atom is -0.456 e. The Kier molecular flexibility index (Phi) is 5.85. The van der Waals surface area contributed by atoms with Crippen LogP contribution in [0.15, 0.2) is 9.59 Å². The second-order valence-electron chi connectivity index (χ2n) is 8.21. The number of ketones is 1. The van der Waals surface area contributed by atoms with Gasteiger partial charge in [-0.05, 0) is 19.3 Å². The number of nitrogens with two attached hydrogens (primary N) is 1. The number of hydrogen-bond acceptors (Lipinski definition) is 8. The number of aromatic nitrogens is 2. The molecule has 2 N–H and O–H groups in total. The first-order valence-electron chi connectivity index (χ1n) is 9.73. The summed E-state index contributed by atoms with van der Waals surface area (Å²) >= 11 is 1.51. The van der Waals surface area contributed by atoms with E-state index in [2.05, 4.69) is 0 Å². The topological polar surface area (TPSA) is 134 Å². The van der Waals surface area contributed by atoms with Gasteiger partial charge in [0.25, 0.3) is 5.56 Å². The number of rotatable bonds is 6. The highest BCUT2D eigenvalue weighted by Crippen LogP contribution is 2.47. The second kappa shape index (κ2) is 7.93. The fourth-order valence-electron chi connectivity index (χ4n) is 3.89. The summed E-state index contributed by atoms with van der Waals surface area (Å²) in [5.74, 6) is -1.40. The van der Waals surface area contributed by atoms with Crippen molar-refractivity contribution in [2.24, 2.45) is 13.0 Å². The Bertz CT molecular complexity index is 1030. The van der Waals surface area contributed by atoms with Crippen molar-refractivity contribution < 1.29 is 19.1 Å². The Morgan fingerprint density at radius 3 is 2.60 bits per heavy atom. The van der Waals surface area contributed by atoms with Crippen LogP contribution in [-0.2, 0) is 27.9 Å². The standard InChI is InChI=1S/C19H26N4O6S/c1-10(2)7-22-15(20)14(16(26)21(4)18(22)28)12(24)8-29-17(27)11-9-30-19(3)6-5-13(25)23(11)19/h10-11H,5-9,20H2,1-4H3/t11-,19-/m0/s1. The molecule has 3 rings (SSSR count). The monoisotopic (exact) mass is 438 g/mol. The number of carbonyl (C=O) groups is 3. The minimum atomic E-state index is -0.836. The number of nitrogen functional groups attached to an aromatic ring is 1. The molecule has 11 heteroatoms. The summed E-state index contributed by atoms with van der Waals surface area (Å²) < 4.78 is 7.14. The summed E-state index contributed by atoms with van der Waals surface area (Å²) in [6, 6.07) is -0.766. The van der Waals surface area contributed by atoms with Crippen LogP contribution in [0.5, 0.6) is 0 Å². The number of esters is 1. The van der Waals surface area contributed by atoms with Crippen molar-refractivity contribution in [2.45, 2.75) is 51.1 Å². The summed E-state index contributed by atoms with van der Waals surface area (Å²) in [7, 11) is 1.26. The molecule has 30 heavy (non-hydrogen) atoms. The van der Waals surface area contributed by atoms with Gasteiger partial charge in [-0.15, -0.1) is 11.8 Å². The lowest BCUT2D eigenvalue weighted by molar-refractivity contribution is -0.152. The van der Waals surface area contributed by atoms with Gasteiger partial charge in [0, 0.05) is 25.8 Å². The molecule has 3 heterocycles. The summed E-state index contributed by atoms with van der Waals surface area (Å²) in [5.41, 5.74) is 4.14. The van der Waals surface area contributed by atoms with Gasteiger partial charge in [-0.3, -0.25) is 23.5 Å². The van der Waals surface area contributed by atoms with Crippen molar-refractivity contribution >= 4 is 35.2 Å². The number of ether oxygens (including phenoxy) is 1. The Labute approximate surface area is 177 Å². The van der Waals surface area contributed by atoms with E-state index in [0.29, 0.717) is 18.6 Å². The zero-order chi connectivity index (χ0) is 22.4. The molecule has 0 saturated carbocycles. The number of amides is 1. The molecular formula is C19H26N4O6S. The number of nitrogens with zero attached hydrogens (tertiary/aromatic N) is 3. The highest BCUT2D eigenvalue weighted by atomic mass is 32.2. The maximum absolute atomic E-state index is 12.7. The molecule has 1 aromatic heterocycles. The van der Waals surface area contributed by atoms with E-state index in [1.807, 2.05) is 20.8 Å². The van der Waals surface area contributed by atoms with E-state index in [0.717, 1.165) is 4.57 Å². The first-order valence-corrected chi connectivity index (χ1v) is 10.7. The van der Waals surface area contributed by atoms with Crippen molar-refractivity contribution in [1.29, 1.82) is 0 Å². The number of carbonyl (C=O) groups excluding carboxylic acids is 3. The third-order valence-electron chi connectivity index (χ3n) is 5.47. The maximum atomic E-state index is 12.7. The van der Waals surface area contributed by atoms with Crippen LogP contribution in [0.3, 0.4) is 0 Å². The first-order chi connectivity index (χ1) is 14.0. The highest BCUT2D eigenvalue weighted by Gasteiger charge is 2.53. The van der Waals surface area contributed by atoms with Crippen LogP contribution >= 0.6 is 11.8 Å². The summed E-state index contributed by atoms with van der Waals surface area (Å²) in [4.78, 5) is 63.3. The molecule has 0 spiro atoms. The first kappa shape index (κ1) is 22.1. The Morgan fingerprint density at radius 2 is 1.97 bits per heavy atom. The van der Waals surface area contributed by atoms with E-state index in [9.17, 15) is 24.0 Å². The number of anilines is 1. The molecule has 0 aliphatic carbocycles. The van der Waals surface area contributed by atoms with Gasteiger partial charge in [-0.25, -0.2) is 9.59 Å². The normalized spacial score (nSPS) is 23.2. The molecule has 0 radical (unpaired) electrons. The molecule has 0 aromatic carbocycles. The van der Waals surface area contributed by atoms with Crippen molar-refractivity contribution in [3.63, 3.8) is 0 Å². The van der Waals surface area contributed by atoms with Crippen LogP contribution in [0.1, 0.15) is 44.0 Å². The maximum Gasteiger partial charge on any atom is 0.332 e. The largest absolute Gasteiger partial charge is 0.456 e. The molecule has 2 aliphatic rings. The van der Waals surface area contributed by atoms with Crippen LogP contribution < -0.4 is 17.0 Å². The van der Waals surface area contributed by atoms with Crippen LogP contribution in [0, 0.1) is 5.92 Å². The molecule has 0 unspecified atom stereocenters. The van der Waals surface area contributed by atoms with Crippen molar-refractivity contribution in [1.82, 2.24) is 14.0 Å². The van der Waals surface area contributed by atoms with Crippen LogP contribution in [-0.4, -0.2) is 55.0 Å². The average Bonchev–Trinajstić information content (AvgIpc) is 3.17.